The van der Waals surface area contributed by atoms with E-state index in [0.717, 1.165) is 23.4 Å². The minimum Gasteiger partial charge on any atom is -0.377 e. The lowest BCUT2D eigenvalue weighted by molar-refractivity contribution is -0.0755. The summed E-state index contributed by atoms with van der Waals surface area (Å²) in [4.78, 5) is 4.13. The van der Waals surface area contributed by atoms with Gasteiger partial charge in [-0.05, 0) is 35.9 Å². The van der Waals surface area contributed by atoms with Crippen molar-refractivity contribution in [1.29, 1.82) is 0 Å². The van der Waals surface area contributed by atoms with Crippen LogP contribution in [0.3, 0.4) is 0 Å². The molecule has 1 aromatic carbocycles. The summed E-state index contributed by atoms with van der Waals surface area (Å²) in [6.07, 6.45) is 4.32. The molecule has 5 nitrogen and oxygen atoms in total. The summed E-state index contributed by atoms with van der Waals surface area (Å²) >= 11 is 0. The maximum atomic E-state index is 13.0. The van der Waals surface area contributed by atoms with Crippen LogP contribution in [-0.2, 0) is 17.7 Å². The van der Waals surface area contributed by atoms with E-state index < -0.39 is 0 Å². The molecule has 0 aliphatic carbocycles. The van der Waals surface area contributed by atoms with Gasteiger partial charge < -0.3 is 14.6 Å². The predicted molar refractivity (Wildman–Crippen MR) is 90.2 cm³/mol. The van der Waals surface area contributed by atoms with Crippen molar-refractivity contribution >= 4 is 0 Å². The van der Waals surface area contributed by atoms with Crippen LogP contribution in [0.25, 0.3) is 11.3 Å². The van der Waals surface area contributed by atoms with Crippen molar-refractivity contribution in [3.63, 3.8) is 0 Å². The summed E-state index contributed by atoms with van der Waals surface area (Å²) in [7, 11) is 0. The molecular weight excluding hydrogens is 321 g/mol. The lowest BCUT2D eigenvalue weighted by Gasteiger charge is -2.42. The first kappa shape index (κ1) is 15.9. The minimum atomic E-state index is -0.270. The van der Waals surface area contributed by atoms with Crippen LogP contribution >= 0.6 is 0 Å². The fourth-order valence-electron chi connectivity index (χ4n) is 2.90. The second kappa shape index (κ2) is 6.74. The highest BCUT2D eigenvalue weighted by molar-refractivity contribution is 5.57. The molecule has 1 aliphatic heterocycles. The van der Waals surface area contributed by atoms with Crippen molar-refractivity contribution < 1.29 is 13.7 Å². The number of rotatable bonds is 6. The summed E-state index contributed by atoms with van der Waals surface area (Å²) in [5.74, 6) is 0.367. The molecule has 4 rings (SSSR count). The van der Waals surface area contributed by atoms with E-state index in [9.17, 15) is 4.39 Å². The molecule has 3 heterocycles. The Kier molecular flexibility index (Phi) is 4.29. The summed E-state index contributed by atoms with van der Waals surface area (Å²) in [5, 5.41) is 7.72. The van der Waals surface area contributed by atoms with Crippen LogP contribution < -0.4 is 5.32 Å². The van der Waals surface area contributed by atoms with E-state index in [2.05, 4.69) is 15.5 Å². The highest BCUT2D eigenvalue weighted by Gasteiger charge is 2.39. The Bertz CT molecular complexity index is 829. The molecule has 6 heteroatoms. The normalized spacial score (nSPS) is 15.7. The third kappa shape index (κ3) is 3.60. The molecule has 0 bridgehead atoms. The van der Waals surface area contributed by atoms with Gasteiger partial charge in [0.25, 0.3) is 0 Å². The number of hydrogen-bond acceptors (Lipinski definition) is 5. The molecule has 1 saturated heterocycles. The lowest BCUT2D eigenvalue weighted by Crippen LogP contribution is -2.61. The minimum absolute atomic E-state index is 0.146. The van der Waals surface area contributed by atoms with Crippen molar-refractivity contribution in [2.75, 3.05) is 13.2 Å². The average molecular weight is 339 g/mol. The van der Waals surface area contributed by atoms with Gasteiger partial charge in [-0.25, -0.2) is 4.39 Å². The van der Waals surface area contributed by atoms with E-state index in [4.69, 9.17) is 9.26 Å². The van der Waals surface area contributed by atoms with Gasteiger partial charge in [0.1, 0.15) is 5.82 Å². The SMILES string of the molecule is Fc1ccc(-c2cc(CC3(NCc4cccnc4)COC3)no2)cc1. The van der Waals surface area contributed by atoms with Gasteiger partial charge in [-0.1, -0.05) is 11.2 Å². The maximum absolute atomic E-state index is 13.0. The van der Waals surface area contributed by atoms with Gasteiger partial charge >= 0.3 is 0 Å². The van der Waals surface area contributed by atoms with Crippen LogP contribution in [0.5, 0.6) is 0 Å². The van der Waals surface area contributed by atoms with Crippen LogP contribution in [-0.4, -0.2) is 28.9 Å². The molecule has 1 N–H and O–H groups in total. The zero-order valence-electron chi connectivity index (χ0n) is 13.6. The number of hydrogen-bond donors (Lipinski definition) is 1. The lowest BCUT2D eigenvalue weighted by atomic mass is 9.90. The van der Waals surface area contributed by atoms with E-state index in [1.807, 2.05) is 24.4 Å². The molecular formula is C19H18FN3O2. The zero-order valence-corrected chi connectivity index (χ0v) is 13.6. The van der Waals surface area contributed by atoms with Crippen LogP contribution in [0.2, 0.25) is 0 Å². The largest absolute Gasteiger partial charge is 0.377 e. The maximum Gasteiger partial charge on any atom is 0.167 e. The number of pyridine rings is 1. The molecule has 0 radical (unpaired) electrons. The highest BCUT2D eigenvalue weighted by Crippen LogP contribution is 2.26. The Morgan fingerprint density at radius 2 is 2.00 bits per heavy atom. The van der Waals surface area contributed by atoms with Gasteiger partial charge in [-0.3, -0.25) is 4.98 Å². The standard InChI is InChI=1S/C19H18FN3O2/c20-16-5-3-15(4-6-16)18-8-17(23-25-18)9-19(12-24-13-19)22-11-14-2-1-7-21-10-14/h1-8,10,22H,9,11-13H2. The molecule has 0 unspecified atom stereocenters. The molecule has 2 aromatic heterocycles. The highest BCUT2D eigenvalue weighted by atomic mass is 19.1. The van der Waals surface area contributed by atoms with Crippen LogP contribution in [0.4, 0.5) is 4.39 Å². The third-order valence-corrected chi connectivity index (χ3v) is 4.35. The molecule has 25 heavy (non-hydrogen) atoms. The van der Waals surface area contributed by atoms with Gasteiger partial charge in [0.05, 0.1) is 24.4 Å². The second-order valence-electron chi connectivity index (χ2n) is 6.35. The van der Waals surface area contributed by atoms with Gasteiger partial charge in [0.2, 0.25) is 0 Å². The van der Waals surface area contributed by atoms with E-state index in [1.54, 1.807) is 18.3 Å². The Morgan fingerprint density at radius 3 is 2.68 bits per heavy atom. The van der Waals surface area contributed by atoms with Gasteiger partial charge in [0, 0.05) is 37.0 Å². The summed E-state index contributed by atoms with van der Waals surface area (Å²) in [5.41, 5.74) is 2.64. The molecule has 0 saturated carbocycles. The first-order valence-electron chi connectivity index (χ1n) is 8.16. The van der Waals surface area contributed by atoms with Crippen LogP contribution in [0.1, 0.15) is 11.3 Å². The summed E-state index contributed by atoms with van der Waals surface area (Å²) < 4.78 is 23.9. The van der Waals surface area contributed by atoms with Crippen molar-refractivity contribution in [3.8, 4) is 11.3 Å². The Hall–Kier alpha value is -2.57. The van der Waals surface area contributed by atoms with Gasteiger partial charge in [-0.2, -0.15) is 0 Å². The number of aromatic nitrogens is 2. The predicted octanol–water partition coefficient (Wildman–Crippen LogP) is 2.98. The molecule has 0 spiro atoms. The average Bonchev–Trinajstić information content (AvgIpc) is 3.07. The first-order valence-corrected chi connectivity index (χ1v) is 8.16. The molecule has 0 atom stereocenters. The van der Waals surface area contributed by atoms with Crippen molar-refractivity contribution in [2.45, 2.75) is 18.5 Å². The number of nitrogens with zero attached hydrogens (tertiary/aromatic N) is 2. The summed E-state index contributed by atoms with van der Waals surface area (Å²) in [6, 6.07) is 12.1. The first-order chi connectivity index (χ1) is 12.2. The third-order valence-electron chi connectivity index (χ3n) is 4.35. The quantitative estimate of drug-likeness (QED) is 0.748. The number of nitrogens with one attached hydrogen (secondary N) is 1. The molecule has 1 aliphatic rings. The Labute approximate surface area is 144 Å². The number of halogens is 1. The topological polar surface area (TPSA) is 60.2 Å². The van der Waals surface area contributed by atoms with Gasteiger partial charge in [0.15, 0.2) is 5.76 Å². The fourth-order valence-corrected chi connectivity index (χ4v) is 2.90. The van der Waals surface area contributed by atoms with Crippen molar-refractivity contribution in [2.24, 2.45) is 0 Å². The molecule has 1 fully saturated rings. The Morgan fingerprint density at radius 1 is 1.16 bits per heavy atom. The Balaban J connectivity index is 1.44. The molecule has 0 amide bonds. The monoisotopic (exact) mass is 339 g/mol. The summed E-state index contributed by atoms with van der Waals surface area (Å²) in [6.45, 7) is 1.98. The van der Waals surface area contributed by atoms with E-state index >= 15 is 0 Å². The smallest absolute Gasteiger partial charge is 0.167 e. The van der Waals surface area contributed by atoms with E-state index in [1.165, 1.54) is 12.1 Å². The van der Waals surface area contributed by atoms with E-state index in [-0.39, 0.29) is 11.4 Å². The van der Waals surface area contributed by atoms with Crippen LogP contribution in [0.15, 0.2) is 59.4 Å². The van der Waals surface area contributed by atoms with Crippen molar-refractivity contribution in [3.05, 3.63) is 71.9 Å². The number of ether oxygens (including phenoxy) is 1. The number of benzene rings is 1. The molecule has 3 aromatic rings. The van der Waals surface area contributed by atoms with E-state index in [0.29, 0.717) is 25.4 Å². The second-order valence-corrected chi connectivity index (χ2v) is 6.35. The zero-order chi connectivity index (χ0) is 17.1. The molecule has 128 valence electrons. The van der Waals surface area contributed by atoms with Crippen molar-refractivity contribution in [1.82, 2.24) is 15.5 Å². The van der Waals surface area contributed by atoms with Crippen LogP contribution in [0, 0.1) is 5.82 Å². The fraction of sp³-hybridized carbons (Fsp3) is 0.263. The van der Waals surface area contributed by atoms with Gasteiger partial charge in [-0.15, -0.1) is 0 Å².